The van der Waals surface area contributed by atoms with E-state index in [2.05, 4.69) is 0 Å². The summed E-state index contributed by atoms with van der Waals surface area (Å²) in [7, 11) is 0. The van der Waals surface area contributed by atoms with E-state index in [0.29, 0.717) is 0 Å². The average Bonchev–Trinajstić information content (AvgIpc) is 0.918. The molecule has 5 heteroatoms. The van der Waals surface area contributed by atoms with Crippen LogP contribution in [0.15, 0.2) is 0 Å². The Kier molecular flexibility index (Phi) is 117. The first kappa shape index (κ1) is 19.1. The molecule has 0 amide bonds. The molecule has 0 aromatic heterocycles. The van der Waals surface area contributed by atoms with Crippen molar-refractivity contribution in [3.05, 3.63) is 0 Å². The summed E-state index contributed by atoms with van der Waals surface area (Å²) < 4.78 is 17.0. The van der Waals surface area contributed by atoms with Crippen LogP contribution >= 0.6 is 0 Å². The van der Waals surface area contributed by atoms with Crippen LogP contribution in [0.1, 0.15) is 0 Å². The molecule has 0 aromatic rings. The summed E-state index contributed by atoms with van der Waals surface area (Å²) >= 11 is -2.00. The summed E-state index contributed by atoms with van der Waals surface area (Å²) in [4.78, 5) is 0. The Balaban J connectivity index is -0.0000000200. The minimum atomic E-state index is -2.00. The van der Waals surface area contributed by atoms with Gasteiger partial charge in [-0.1, -0.05) is 0 Å². The van der Waals surface area contributed by atoms with Crippen LogP contribution in [-0.2, 0) is 24.6 Å². The van der Waals surface area contributed by atoms with Crippen molar-refractivity contribution in [2.75, 3.05) is 0 Å². The van der Waals surface area contributed by atoms with E-state index in [9.17, 15) is 0 Å². The maximum absolute atomic E-state index is 8.50. The van der Waals surface area contributed by atoms with Gasteiger partial charge in [0.05, 0.1) is 0 Å². The van der Waals surface area contributed by atoms with Gasteiger partial charge >= 0.3 is 24.6 Å². The van der Waals surface area contributed by atoms with Gasteiger partial charge in [0.2, 0.25) is 0 Å². The normalized spacial score (nSPS) is 3.20. The summed E-state index contributed by atoms with van der Waals surface area (Å²) in [6.45, 7) is 0. The monoisotopic (exact) mass is 261 g/mol. The number of rotatable bonds is 0. The van der Waals surface area contributed by atoms with Gasteiger partial charge in [-0.05, 0) is 0 Å². The molecule has 5 heavy (non-hydrogen) atoms. The van der Waals surface area contributed by atoms with Gasteiger partial charge < -0.3 is 11.0 Å². The molecular weight excluding hydrogens is 256 g/mol. The molecule has 0 unspecified atom stereocenters. The van der Waals surface area contributed by atoms with Crippen molar-refractivity contribution in [1.82, 2.24) is 0 Å². The molecular formula is H4IrO4. The molecule has 0 aromatic carbocycles. The Bertz CT molecular complexity index is 24.6. The van der Waals surface area contributed by atoms with E-state index in [-0.39, 0.29) is 11.0 Å². The van der Waals surface area contributed by atoms with Gasteiger partial charge in [0.1, 0.15) is 0 Å². The standard InChI is InChI=1S/Ir.2H2O.2O/h;2*1H2;;. The molecule has 0 radical (unpaired) electrons. The topological polar surface area (TPSA) is 97.1 Å². The summed E-state index contributed by atoms with van der Waals surface area (Å²) in [5.41, 5.74) is 0. The van der Waals surface area contributed by atoms with E-state index >= 15 is 0 Å². The second kappa shape index (κ2) is 30.6. The van der Waals surface area contributed by atoms with Gasteiger partial charge in [0, 0.05) is 0 Å². The van der Waals surface area contributed by atoms with Crippen molar-refractivity contribution in [3.8, 4) is 0 Å². The van der Waals surface area contributed by atoms with Crippen LogP contribution in [0, 0.1) is 0 Å². The third-order valence-corrected chi connectivity index (χ3v) is 0. The molecule has 0 rings (SSSR count). The predicted octanol–water partition coefficient (Wildman–Crippen LogP) is -1.89. The van der Waals surface area contributed by atoms with Crippen LogP contribution in [0.2, 0.25) is 0 Å². The average molecular weight is 260 g/mol. The molecule has 0 spiro atoms. The Morgan fingerprint density at radius 1 is 1.00 bits per heavy atom. The first-order chi connectivity index (χ1) is 1.41. The van der Waals surface area contributed by atoms with Crippen LogP contribution in [0.5, 0.6) is 0 Å². The SMILES string of the molecule is O.O.[O]=[Ir]=[O]. The third kappa shape index (κ3) is 684. The van der Waals surface area contributed by atoms with Gasteiger partial charge in [0.15, 0.2) is 0 Å². The van der Waals surface area contributed by atoms with Crippen LogP contribution in [-0.4, -0.2) is 11.0 Å². The van der Waals surface area contributed by atoms with E-state index in [1.807, 2.05) is 0 Å². The molecule has 4 N–H and O–H groups in total. The predicted molar refractivity (Wildman–Crippen MR) is 8.60 cm³/mol. The fraction of sp³-hybridized carbons (Fsp3) is 0. The first-order valence-corrected chi connectivity index (χ1v) is 2.23. The molecule has 0 saturated carbocycles. The Hall–Kier alpha value is 0.169. The van der Waals surface area contributed by atoms with Crippen molar-refractivity contribution < 1.29 is 35.6 Å². The second-order valence-corrected chi connectivity index (χ2v) is 0.455. The van der Waals surface area contributed by atoms with E-state index in [1.165, 1.54) is 0 Å². The van der Waals surface area contributed by atoms with Gasteiger partial charge in [-0.25, -0.2) is 0 Å². The van der Waals surface area contributed by atoms with Crippen LogP contribution < -0.4 is 0 Å². The molecule has 0 bridgehead atoms. The quantitative estimate of drug-likeness (QED) is 0.509. The molecule has 0 atom stereocenters. The van der Waals surface area contributed by atoms with Crippen molar-refractivity contribution in [2.24, 2.45) is 0 Å². The van der Waals surface area contributed by atoms with E-state index in [4.69, 9.17) is 7.01 Å². The molecule has 0 saturated heterocycles. The number of hydrogen-bond donors (Lipinski definition) is 0. The molecule has 0 aliphatic rings. The van der Waals surface area contributed by atoms with Gasteiger partial charge in [-0.3, -0.25) is 0 Å². The van der Waals surface area contributed by atoms with Crippen LogP contribution in [0.25, 0.3) is 0 Å². The minimum absolute atomic E-state index is 0. The fourth-order valence-corrected chi connectivity index (χ4v) is 0. The van der Waals surface area contributed by atoms with Gasteiger partial charge in [-0.2, -0.15) is 0 Å². The van der Waals surface area contributed by atoms with Crippen molar-refractivity contribution >= 4 is 0 Å². The van der Waals surface area contributed by atoms with E-state index in [0.717, 1.165) is 0 Å². The zero-order chi connectivity index (χ0) is 2.71. The third-order valence-electron chi connectivity index (χ3n) is 0. The summed E-state index contributed by atoms with van der Waals surface area (Å²) in [6, 6.07) is 0. The summed E-state index contributed by atoms with van der Waals surface area (Å²) in [5.74, 6) is 0. The molecule has 0 aliphatic heterocycles. The van der Waals surface area contributed by atoms with E-state index < -0.39 is 17.6 Å². The maximum atomic E-state index is 8.50. The Morgan fingerprint density at radius 2 is 1.00 bits per heavy atom. The van der Waals surface area contributed by atoms with Crippen molar-refractivity contribution in [3.63, 3.8) is 0 Å². The van der Waals surface area contributed by atoms with Crippen LogP contribution in [0.3, 0.4) is 0 Å². The van der Waals surface area contributed by atoms with E-state index in [1.54, 1.807) is 0 Å². The summed E-state index contributed by atoms with van der Waals surface area (Å²) in [6.07, 6.45) is 0. The molecule has 0 heterocycles. The van der Waals surface area contributed by atoms with Crippen molar-refractivity contribution in [1.29, 1.82) is 0 Å². The molecule has 4 nitrogen and oxygen atoms in total. The number of hydrogen-bond acceptors (Lipinski definition) is 2. The first-order valence-electron chi connectivity index (χ1n) is 0.272. The molecule has 37 valence electrons. The van der Waals surface area contributed by atoms with Crippen molar-refractivity contribution in [2.45, 2.75) is 0 Å². The second-order valence-electron chi connectivity index (χ2n) is 0.0556. The molecule has 0 aliphatic carbocycles. The Labute approximate surface area is 36.3 Å². The van der Waals surface area contributed by atoms with Gasteiger partial charge in [-0.15, -0.1) is 0 Å². The van der Waals surface area contributed by atoms with Crippen LogP contribution in [0.4, 0.5) is 0 Å². The zero-order valence-electron chi connectivity index (χ0n) is 2.15. The Morgan fingerprint density at radius 3 is 1.00 bits per heavy atom. The molecule has 0 fully saturated rings. The summed E-state index contributed by atoms with van der Waals surface area (Å²) in [5, 5.41) is 0. The zero-order valence-corrected chi connectivity index (χ0v) is 4.54. The van der Waals surface area contributed by atoms with Gasteiger partial charge in [0.25, 0.3) is 0 Å². The fourth-order valence-electron chi connectivity index (χ4n) is 0.